The first-order valence-electron chi connectivity index (χ1n) is 9.85. The van der Waals surface area contributed by atoms with Crippen LogP contribution in [0.4, 0.5) is 0 Å². The predicted molar refractivity (Wildman–Crippen MR) is 113 cm³/mol. The zero-order valence-corrected chi connectivity index (χ0v) is 17.6. The second kappa shape index (κ2) is 10.5. The third kappa shape index (κ3) is 6.58. The summed E-state index contributed by atoms with van der Waals surface area (Å²) in [4.78, 5) is 21.5. The molecular weight excluding hydrogens is 372 g/mol. The average molecular weight is 403 g/mol. The Hall–Kier alpha value is -1.96. The lowest BCUT2D eigenvalue weighted by Crippen LogP contribution is -2.41. The molecule has 28 heavy (non-hydrogen) atoms. The van der Waals surface area contributed by atoms with Crippen molar-refractivity contribution in [2.45, 2.75) is 19.4 Å². The molecule has 2 heterocycles. The van der Waals surface area contributed by atoms with Crippen LogP contribution in [0.3, 0.4) is 0 Å². The van der Waals surface area contributed by atoms with Gasteiger partial charge in [0.1, 0.15) is 12.4 Å². The van der Waals surface area contributed by atoms with E-state index in [0.29, 0.717) is 23.8 Å². The Morgan fingerprint density at radius 3 is 2.89 bits per heavy atom. The topological polar surface area (TPSA) is 57.7 Å². The van der Waals surface area contributed by atoms with Crippen molar-refractivity contribution in [1.82, 2.24) is 20.1 Å². The quantitative estimate of drug-likeness (QED) is 0.699. The number of likely N-dealkylation sites (N-methyl/N-ethyl adjacent to an activating group) is 1. The summed E-state index contributed by atoms with van der Waals surface area (Å²) in [6.07, 6.45) is 2.29. The van der Waals surface area contributed by atoms with Crippen LogP contribution in [0, 0.1) is 5.92 Å². The van der Waals surface area contributed by atoms with Crippen molar-refractivity contribution in [3.8, 4) is 5.75 Å². The molecule has 7 heteroatoms. The molecule has 1 aromatic carbocycles. The van der Waals surface area contributed by atoms with Gasteiger partial charge in [-0.25, -0.2) is 4.98 Å². The number of ether oxygens (including phenoxy) is 1. The number of thiazole rings is 1. The molecular formula is C21H30N4O2S. The van der Waals surface area contributed by atoms with E-state index in [4.69, 9.17) is 4.74 Å². The van der Waals surface area contributed by atoms with Gasteiger partial charge in [0.05, 0.1) is 11.2 Å². The fourth-order valence-electron chi connectivity index (χ4n) is 3.29. The van der Waals surface area contributed by atoms with E-state index in [0.717, 1.165) is 51.3 Å². The highest BCUT2D eigenvalue weighted by molar-refractivity contribution is 7.07. The van der Waals surface area contributed by atoms with Crippen molar-refractivity contribution in [3.63, 3.8) is 0 Å². The molecule has 152 valence electrons. The first-order chi connectivity index (χ1) is 13.6. The number of hydrogen-bond acceptors (Lipinski definition) is 6. The lowest BCUT2D eigenvalue weighted by atomic mass is 9.96. The Morgan fingerprint density at radius 2 is 2.18 bits per heavy atom. The number of nitrogens with zero attached hydrogens (tertiary/aromatic N) is 3. The average Bonchev–Trinajstić information content (AvgIpc) is 3.23. The molecule has 0 radical (unpaired) electrons. The molecule has 0 saturated carbocycles. The minimum absolute atomic E-state index is 0.0332. The molecule has 1 aliphatic heterocycles. The lowest BCUT2D eigenvalue weighted by Gasteiger charge is -2.32. The molecule has 1 aliphatic rings. The highest BCUT2D eigenvalue weighted by atomic mass is 32.1. The van der Waals surface area contributed by atoms with Crippen LogP contribution in [-0.4, -0.2) is 67.5 Å². The van der Waals surface area contributed by atoms with Crippen LogP contribution in [0.5, 0.6) is 5.75 Å². The van der Waals surface area contributed by atoms with E-state index in [2.05, 4.69) is 34.2 Å². The van der Waals surface area contributed by atoms with E-state index in [1.165, 1.54) is 0 Å². The van der Waals surface area contributed by atoms with Gasteiger partial charge in [0.15, 0.2) is 0 Å². The summed E-state index contributed by atoms with van der Waals surface area (Å²) >= 11 is 1.55. The van der Waals surface area contributed by atoms with E-state index >= 15 is 0 Å². The molecule has 0 bridgehead atoms. The van der Waals surface area contributed by atoms with Crippen LogP contribution in [0.1, 0.15) is 28.9 Å². The van der Waals surface area contributed by atoms with Crippen molar-refractivity contribution >= 4 is 17.2 Å². The van der Waals surface area contributed by atoms with Gasteiger partial charge in [-0.1, -0.05) is 6.07 Å². The normalized spacial score (nSPS) is 15.7. The van der Waals surface area contributed by atoms with Crippen molar-refractivity contribution in [2.75, 3.05) is 46.8 Å². The number of amides is 1. The predicted octanol–water partition coefficient (Wildman–Crippen LogP) is 2.73. The summed E-state index contributed by atoms with van der Waals surface area (Å²) in [5, 5.41) is 5.06. The molecule has 1 N–H and O–H groups in total. The van der Waals surface area contributed by atoms with Crippen LogP contribution in [0.25, 0.3) is 0 Å². The van der Waals surface area contributed by atoms with Crippen LogP contribution in [-0.2, 0) is 6.61 Å². The summed E-state index contributed by atoms with van der Waals surface area (Å²) in [6, 6.07) is 7.35. The molecule has 1 amide bonds. The van der Waals surface area contributed by atoms with Gasteiger partial charge in [0.25, 0.3) is 5.91 Å². The number of carbonyl (C=O) groups excluding carboxylic acids is 1. The number of piperidine rings is 1. The molecule has 0 atom stereocenters. The number of rotatable bonds is 9. The standard InChI is InChI=1S/C21H30N4O2S/c1-24(2)10-11-25-8-6-17(7-9-25)13-22-21(26)18-4-3-5-20(12-18)27-14-19-15-28-16-23-19/h3-5,12,15-17H,6-11,13-14H2,1-2H3,(H,22,26). The van der Waals surface area contributed by atoms with Crippen molar-refractivity contribution < 1.29 is 9.53 Å². The van der Waals surface area contributed by atoms with Crippen LogP contribution >= 0.6 is 11.3 Å². The summed E-state index contributed by atoms with van der Waals surface area (Å²) in [5.41, 5.74) is 3.32. The number of hydrogen-bond donors (Lipinski definition) is 1. The van der Waals surface area contributed by atoms with E-state index in [1.807, 2.05) is 23.6 Å². The van der Waals surface area contributed by atoms with Gasteiger partial charge in [0, 0.05) is 30.6 Å². The maximum atomic E-state index is 12.5. The van der Waals surface area contributed by atoms with Gasteiger partial charge in [-0.15, -0.1) is 11.3 Å². The summed E-state index contributed by atoms with van der Waals surface area (Å²) in [5.74, 6) is 1.22. The maximum absolute atomic E-state index is 12.5. The summed E-state index contributed by atoms with van der Waals surface area (Å²) < 4.78 is 5.74. The summed E-state index contributed by atoms with van der Waals surface area (Å²) in [6.45, 7) is 5.62. The van der Waals surface area contributed by atoms with E-state index in [9.17, 15) is 4.79 Å². The zero-order valence-electron chi connectivity index (χ0n) is 16.8. The highest BCUT2D eigenvalue weighted by Gasteiger charge is 2.19. The molecule has 1 fully saturated rings. The smallest absolute Gasteiger partial charge is 0.251 e. The summed E-state index contributed by atoms with van der Waals surface area (Å²) in [7, 11) is 4.22. The second-order valence-electron chi connectivity index (χ2n) is 7.59. The van der Waals surface area contributed by atoms with Crippen LogP contribution in [0.2, 0.25) is 0 Å². The third-order valence-electron chi connectivity index (χ3n) is 5.09. The first-order valence-corrected chi connectivity index (χ1v) is 10.8. The lowest BCUT2D eigenvalue weighted by molar-refractivity contribution is 0.0934. The molecule has 0 spiro atoms. The van der Waals surface area contributed by atoms with Crippen LogP contribution < -0.4 is 10.1 Å². The largest absolute Gasteiger partial charge is 0.487 e. The van der Waals surface area contributed by atoms with Crippen molar-refractivity contribution in [3.05, 3.63) is 46.4 Å². The number of nitrogens with one attached hydrogen (secondary N) is 1. The molecule has 2 aromatic rings. The number of aromatic nitrogens is 1. The van der Waals surface area contributed by atoms with Gasteiger partial charge >= 0.3 is 0 Å². The molecule has 1 saturated heterocycles. The van der Waals surface area contributed by atoms with E-state index in [1.54, 1.807) is 22.9 Å². The molecule has 0 aliphatic carbocycles. The van der Waals surface area contributed by atoms with Crippen molar-refractivity contribution in [2.24, 2.45) is 5.92 Å². The van der Waals surface area contributed by atoms with E-state index < -0.39 is 0 Å². The Bertz CT molecular complexity index is 728. The molecule has 0 unspecified atom stereocenters. The Morgan fingerprint density at radius 1 is 1.36 bits per heavy atom. The molecule has 6 nitrogen and oxygen atoms in total. The zero-order chi connectivity index (χ0) is 19.8. The minimum atomic E-state index is -0.0332. The van der Waals surface area contributed by atoms with E-state index in [-0.39, 0.29) is 5.91 Å². The Balaban J connectivity index is 1.41. The third-order valence-corrected chi connectivity index (χ3v) is 5.72. The highest BCUT2D eigenvalue weighted by Crippen LogP contribution is 2.18. The fourth-order valence-corrected chi connectivity index (χ4v) is 3.83. The van der Waals surface area contributed by atoms with Gasteiger partial charge in [-0.3, -0.25) is 4.79 Å². The van der Waals surface area contributed by atoms with Crippen molar-refractivity contribution in [1.29, 1.82) is 0 Å². The molecule has 3 rings (SSSR count). The Labute approximate surface area is 171 Å². The second-order valence-corrected chi connectivity index (χ2v) is 8.31. The van der Waals surface area contributed by atoms with Gasteiger partial charge in [-0.05, 0) is 64.1 Å². The van der Waals surface area contributed by atoms with Crippen LogP contribution in [0.15, 0.2) is 35.2 Å². The van der Waals surface area contributed by atoms with Gasteiger partial charge < -0.3 is 19.9 Å². The number of likely N-dealkylation sites (tertiary alicyclic amines) is 1. The number of carbonyl (C=O) groups is 1. The Kier molecular flexibility index (Phi) is 7.82. The van der Waals surface area contributed by atoms with Gasteiger partial charge in [-0.2, -0.15) is 0 Å². The minimum Gasteiger partial charge on any atom is -0.487 e. The number of benzene rings is 1. The first kappa shape index (κ1) is 20.8. The monoisotopic (exact) mass is 402 g/mol. The maximum Gasteiger partial charge on any atom is 0.251 e. The fraction of sp³-hybridized carbons (Fsp3) is 0.524. The van der Waals surface area contributed by atoms with Gasteiger partial charge in [0.2, 0.25) is 0 Å². The molecule has 1 aromatic heterocycles. The SMILES string of the molecule is CN(C)CCN1CCC(CNC(=O)c2cccc(OCc3cscn3)c2)CC1.